The van der Waals surface area contributed by atoms with Crippen LogP contribution in [0.5, 0.6) is 0 Å². The van der Waals surface area contributed by atoms with Crippen LogP contribution in [-0.4, -0.2) is 15.8 Å². The molecule has 0 spiro atoms. The Kier molecular flexibility index (Phi) is 2.56. The molecule has 11 heavy (non-hydrogen) atoms. The Morgan fingerprint density at radius 2 is 2.09 bits per heavy atom. The minimum absolute atomic E-state index is 0.264. The van der Waals surface area contributed by atoms with Crippen LogP contribution < -0.4 is 0 Å². The Balaban J connectivity index is 2.69. The maximum atomic E-state index is 8.87. The lowest BCUT2D eigenvalue weighted by atomic mass is 9.85. The number of thioether (sulfide) groups is 1. The van der Waals surface area contributed by atoms with Crippen molar-refractivity contribution in [3.63, 3.8) is 0 Å². The third-order valence-corrected chi connectivity index (χ3v) is 4.57. The summed E-state index contributed by atoms with van der Waals surface area (Å²) in [5.74, 6) is 2.09. The molecule has 0 N–H and O–H groups in total. The van der Waals surface area contributed by atoms with Gasteiger partial charge >= 0.3 is 0 Å². The van der Waals surface area contributed by atoms with Gasteiger partial charge in [0, 0.05) is 5.75 Å². The first-order valence-corrected chi connectivity index (χ1v) is 5.60. The highest BCUT2D eigenvalue weighted by molar-refractivity contribution is 9.10. The van der Waals surface area contributed by atoms with E-state index in [2.05, 4.69) is 35.8 Å². The fourth-order valence-electron chi connectivity index (χ4n) is 1.42. The van der Waals surface area contributed by atoms with Gasteiger partial charge in [-0.3, -0.25) is 0 Å². The third-order valence-electron chi connectivity index (χ3n) is 1.78. The van der Waals surface area contributed by atoms with Gasteiger partial charge in [0.05, 0.1) is 6.07 Å². The summed E-state index contributed by atoms with van der Waals surface area (Å²) in [4.78, 5) is 0. The molecule has 1 fully saturated rings. The maximum Gasteiger partial charge on any atom is 0.121 e. The zero-order valence-electron chi connectivity index (χ0n) is 6.85. The summed E-state index contributed by atoms with van der Waals surface area (Å²) in [7, 11) is 0. The van der Waals surface area contributed by atoms with Crippen LogP contribution in [-0.2, 0) is 0 Å². The van der Waals surface area contributed by atoms with E-state index in [-0.39, 0.29) is 4.32 Å². The molecule has 0 aromatic heterocycles. The molecule has 1 heterocycles. The first kappa shape index (κ1) is 9.41. The Hall–Kier alpha value is 0.320. The van der Waals surface area contributed by atoms with Crippen molar-refractivity contribution in [2.24, 2.45) is 5.41 Å². The molecule has 0 saturated carbocycles. The van der Waals surface area contributed by atoms with Crippen LogP contribution >= 0.6 is 27.7 Å². The lowest BCUT2D eigenvalue weighted by Gasteiger charge is -2.36. The highest BCUT2D eigenvalue weighted by Crippen LogP contribution is 2.43. The van der Waals surface area contributed by atoms with Crippen LogP contribution in [0.25, 0.3) is 0 Å². The van der Waals surface area contributed by atoms with Crippen LogP contribution in [0.2, 0.25) is 0 Å². The molecule has 3 heteroatoms. The van der Waals surface area contributed by atoms with E-state index in [0.717, 1.165) is 12.2 Å². The smallest absolute Gasteiger partial charge is 0.121 e. The van der Waals surface area contributed by atoms with Gasteiger partial charge in [-0.2, -0.15) is 17.0 Å². The Morgan fingerprint density at radius 1 is 1.45 bits per heavy atom. The number of alkyl halides is 1. The molecule has 1 aliphatic heterocycles. The van der Waals surface area contributed by atoms with Crippen molar-refractivity contribution >= 4 is 27.7 Å². The molecule has 0 aromatic carbocycles. The largest absolute Gasteiger partial charge is 0.197 e. The average molecular weight is 234 g/mol. The van der Waals surface area contributed by atoms with Crippen LogP contribution in [0.3, 0.4) is 0 Å². The van der Waals surface area contributed by atoms with Crippen LogP contribution in [0.15, 0.2) is 0 Å². The van der Waals surface area contributed by atoms with Gasteiger partial charge in [0.15, 0.2) is 0 Å². The average Bonchev–Trinajstić information content (AvgIpc) is 1.85. The highest BCUT2D eigenvalue weighted by Gasteiger charge is 2.38. The molecular formula is C8H12BrNS. The molecular weight excluding hydrogens is 222 g/mol. The molecule has 1 unspecified atom stereocenters. The zero-order chi connectivity index (χ0) is 8.54. The fourth-order valence-corrected chi connectivity index (χ4v) is 3.91. The molecule has 1 atom stereocenters. The Bertz CT molecular complexity index is 197. The fraction of sp³-hybridized carbons (Fsp3) is 0.875. The summed E-state index contributed by atoms with van der Waals surface area (Å²) >= 11 is 5.35. The SMILES string of the molecule is CC1(C)CSCC(Br)(C#N)C1. The lowest BCUT2D eigenvalue weighted by Crippen LogP contribution is -2.36. The molecule has 1 saturated heterocycles. The van der Waals surface area contributed by atoms with Crippen molar-refractivity contribution in [1.82, 2.24) is 0 Å². The van der Waals surface area contributed by atoms with Gasteiger partial charge in [0.1, 0.15) is 4.32 Å². The molecule has 0 radical (unpaired) electrons. The van der Waals surface area contributed by atoms with E-state index in [1.165, 1.54) is 5.75 Å². The van der Waals surface area contributed by atoms with Gasteiger partial charge in [0.25, 0.3) is 0 Å². The van der Waals surface area contributed by atoms with Gasteiger partial charge in [0.2, 0.25) is 0 Å². The number of hydrogen-bond acceptors (Lipinski definition) is 2. The van der Waals surface area contributed by atoms with Crippen LogP contribution in [0, 0.1) is 16.7 Å². The summed E-state index contributed by atoms with van der Waals surface area (Å²) < 4.78 is -0.264. The van der Waals surface area contributed by atoms with Crippen LogP contribution in [0.1, 0.15) is 20.3 Å². The van der Waals surface area contributed by atoms with E-state index in [0.29, 0.717) is 5.41 Å². The van der Waals surface area contributed by atoms with E-state index in [1.54, 1.807) is 0 Å². The third kappa shape index (κ3) is 2.38. The van der Waals surface area contributed by atoms with Crippen molar-refractivity contribution in [3.8, 4) is 6.07 Å². The second-order valence-electron chi connectivity index (χ2n) is 3.91. The van der Waals surface area contributed by atoms with Gasteiger partial charge in [-0.25, -0.2) is 0 Å². The van der Waals surface area contributed by atoms with Gasteiger partial charge in [-0.1, -0.05) is 29.8 Å². The minimum atomic E-state index is -0.264. The summed E-state index contributed by atoms with van der Waals surface area (Å²) in [6.45, 7) is 4.43. The Labute approximate surface area is 80.7 Å². The van der Waals surface area contributed by atoms with Gasteiger partial charge in [-0.05, 0) is 17.6 Å². The molecule has 1 aliphatic rings. The van der Waals surface area contributed by atoms with E-state index in [4.69, 9.17) is 5.26 Å². The van der Waals surface area contributed by atoms with E-state index >= 15 is 0 Å². The minimum Gasteiger partial charge on any atom is -0.197 e. The summed E-state index contributed by atoms with van der Waals surface area (Å²) in [6.07, 6.45) is 0.962. The summed E-state index contributed by atoms with van der Waals surface area (Å²) in [6, 6.07) is 2.33. The predicted octanol–water partition coefficient (Wildman–Crippen LogP) is 2.81. The number of hydrogen-bond donors (Lipinski definition) is 0. The van der Waals surface area contributed by atoms with Crippen molar-refractivity contribution in [2.45, 2.75) is 24.6 Å². The molecule has 0 bridgehead atoms. The molecule has 0 aromatic rings. The topological polar surface area (TPSA) is 23.8 Å². The standard InChI is InChI=1S/C8H12BrNS/c1-7(2)3-8(9,4-10)6-11-5-7/h3,5-6H2,1-2H3. The quantitative estimate of drug-likeness (QED) is 0.602. The van der Waals surface area contributed by atoms with Crippen molar-refractivity contribution < 1.29 is 0 Å². The monoisotopic (exact) mass is 233 g/mol. The lowest BCUT2D eigenvalue weighted by molar-refractivity contribution is 0.359. The zero-order valence-corrected chi connectivity index (χ0v) is 9.26. The normalized spacial score (nSPS) is 36.2. The van der Waals surface area contributed by atoms with Crippen molar-refractivity contribution in [1.29, 1.82) is 5.26 Å². The Morgan fingerprint density at radius 3 is 2.45 bits per heavy atom. The predicted molar refractivity (Wildman–Crippen MR) is 53.0 cm³/mol. The number of halogens is 1. The number of rotatable bonds is 0. The first-order valence-electron chi connectivity index (χ1n) is 3.65. The van der Waals surface area contributed by atoms with E-state index in [9.17, 15) is 0 Å². The summed E-state index contributed by atoms with van der Waals surface area (Å²) in [5.41, 5.74) is 0.308. The molecule has 1 rings (SSSR count). The second-order valence-corrected chi connectivity index (χ2v) is 6.41. The van der Waals surface area contributed by atoms with Gasteiger partial charge < -0.3 is 0 Å². The van der Waals surface area contributed by atoms with Gasteiger partial charge in [-0.15, -0.1) is 0 Å². The molecule has 62 valence electrons. The number of nitriles is 1. The van der Waals surface area contributed by atoms with E-state index in [1.807, 2.05) is 11.8 Å². The van der Waals surface area contributed by atoms with Crippen molar-refractivity contribution in [2.75, 3.05) is 11.5 Å². The molecule has 1 nitrogen and oxygen atoms in total. The maximum absolute atomic E-state index is 8.87. The molecule has 0 amide bonds. The second kappa shape index (κ2) is 2.99. The highest BCUT2D eigenvalue weighted by atomic mass is 79.9. The summed E-state index contributed by atoms with van der Waals surface area (Å²) in [5, 5.41) is 8.87. The first-order chi connectivity index (χ1) is 4.97. The molecule has 0 aliphatic carbocycles. The number of nitrogens with zero attached hydrogens (tertiary/aromatic N) is 1. The van der Waals surface area contributed by atoms with Crippen LogP contribution in [0.4, 0.5) is 0 Å². The van der Waals surface area contributed by atoms with E-state index < -0.39 is 0 Å². The van der Waals surface area contributed by atoms with Crippen molar-refractivity contribution in [3.05, 3.63) is 0 Å².